The van der Waals surface area contributed by atoms with Crippen LogP contribution in [0.15, 0.2) is 35.5 Å². The fraction of sp³-hybridized carbons (Fsp3) is 0.200. The minimum Gasteiger partial charge on any atom is -0.360 e. The number of nitrogens with one attached hydrogen (secondary N) is 2. The predicted molar refractivity (Wildman–Crippen MR) is 91.4 cm³/mol. The van der Waals surface area contributed by atoms with Crippen molar-refractivity contribution in [3.8, 4) is 6.07 Å². The number of sulfonamides is 1. The fourth-order valence-corrected chi connectivity index (χ4v) is 3.84. The van der Waals surface area contributed by atoms with Gasteiger partial charge in [0.15, 0.2) is 5.69 Å². The highest BCUT2D eigenvalue weighted by molar-refractivity contribution is 7.93. The maximum Gasteiger partial charge on any atom is 0.264 e. The van der Waals surface area contributed by atoms with Crippen molar-refractivity contribution in [2.24, 2.45) is 0 Å². The molecule has 3 aromatic rings. The van der Waals surface area contributed by atoms with Crippen LogP contribution in [0.5, 0.6) is 0 Å². The van der Waals surface area contributed by atoms with E-state index in [9.17, 15) is 13.7 Å². The average Bonchev–Trinajstić information content (AvgIpc) is 3.10. The first-order chi connectivity index (χ1) is 11.3. The number of nitriles is 1. The number of nitrogens with zero attached hydrogens (tertiary/aromatic N) is 3. The molecule has 9 heteroatoms. The summed E-state index contributed by atoms with van der Waals surface area (Å²) in [5.41, 5.74) is 0.923. The molecule has 1 aromatic carbocycles. The number of aromatic nitrogens is 3. The van der Waals surface area contributed by atoms with E-state index in [1.54, 1.807) is 18.2 Å². The molecule has 0 saturated carbocycles. The molecule has 124 valence electrons. The van der Waals surface area contributed by atoms with E-state index in [2.05, 4.69) is 14.8 Å². The van der Waals surface area contributed by atoms with E-state index < -0.39 is 10.0 Å². The number of H-pyrrole nitrogens is 1. The summed E-state index contributed by atoms with van der Waals surface area (Å²) in [5.74, 6) is 0. The first kappa shape index (κ1) is 16.4. The molecule has 0 atom stereocenters. The van der Waals surface area contributed by atoms with E-state index in [1.165, 1.54) is 17.1 Å². The Labute approximate surface area is 143 Å². The van der Waals surface area contributed by atoms with Crippen LogP contribution in [0.2, 0.25) is 5.02 Å². The van der Waals surface area contributed by atoms with E-state index in [0.717, 1.165) is 0 Å². The predicted octanol–water partition coefficient (Wildman–Crippen LogP) is 3.27. The van der Waals surface area contributed by atoms with Crippen molar-refractivity contribution < 1.29 is 8.42 Å². The molecule has 0 amide bonds. The van der Waals surface area contributed by atoms with Crippen LogP contribution in [-0.2, 0) is 10.0 Å². The molecular formula is C15H14ClN5O2S. The van der Waals surface area contributed by atoms with Gasteiger partial charge in [0, 0.05) is 28.2 Å². The second-order valence-corrected chi connectivity index (χ2v) is 7.59. The molecule has 0 bridgehead atoms. The number of fused-ring (bicyclic) bond motifs is 1. The zero-order valence-electron chi connectivity index (χ0n) is 12.9. The van der Waals surface area contributed by atoms with Crippen LogP contribution >= 0.6 is 11.6 Å². The quantitative estimate of drug-likeness (QED) is 0.742. The lowest BCUT2D eigenvalue weighted by Gasteiger charge is -2.08. The highest BCUT2D eigenvalue weighted by atomic mass is 35.5. The van der Waals surface area contributed by atoms with Crippen molar-refractivity contribution in [1.82, 2.24) is 14.8 Å². The molecule has 2 aromatic heterocycles. The largest absolute Gasteiger partial charge is 0.360 e. The summed E-state index contributed by atoms with van der Waals surface area (Å²) >= 11 is 5.91. The van der Waals surface area contributed by atoms with Gasteiger partial charge in [0.05, 0.1) is 6.20 Å². The lowest BCUT2D eigenvalue weighted by Crippen LogP contribution is -2.14. The van der Waals surface area contributed by atoms with E-state index in [1.807, 2.05) is 19.9 Å². The summed E-state index contributed by atoms with van der Waals surface area (Å²) in [4.78, 5) is 2.96. The number of aromatic amines is 1. The topological polar surface area (TPSA) is 104 Å². The lowest BCUT2D eigenvalue weighted by molar-refractivity contribution is 0.527. The number of benzene rings is 1. The molecule has 2 N–H and O–H groups in total. The Kier molecular flexibility index (Phi) is 3.99. The van der Waals surface area contributed by atoms with Gasteiger partial charge in [0.25, 0.3) is 10.0 Å². The zero-order chi connectivity index (χ0) is 17.5. The van der Waals surface area contributed by atoms with Crippen LogP contribution in [0.3, 0.4) is 0 Å². The first-order valence-electron chi connectivity index (χ1n) is 7.10. The van der Waals surface area contributed by atoms with E-state index >= 15 is 0 Å². The van der Waals surface area contributed by atoms with Crippen LogP contribution < -0.4 is 4.72 Å². The molecule has 0 aliphatic rings. The van der Waals surface area contributed by atoms with Gasteiger partial charge in [-0.15, -0.1) is 0 Å². The second-order valence-electron chi connectivity index (χ2n) is 5.51. The summed E-state index contributed by atoms with van der Waals surface area (Å²) in [7, 11) is -3.88. The minimum absolute atomic E-state index is 0.0619. The van der Waals surface area contributed by atoms with Gasteiger partial charge in [-0.2, -0.15) is 10.4 Å². The SMILES string of the molecule is CC(C)n1ncc(NS(=O)(=O)c2c[nH]c3cc(Cl)ccc23)c1C#N. The maximum absolute atomic E-state index is 12.7. The Morgan fingerprint density at radius 2 is 2.17 bits per heavy atom. The lowest BCUT2D eigenvalue weighted by atomic mass is 10.2. The molecule has 7 nitrogen and oxygen atoms in total. The van der Waals surface area contributed by atoms with Crippen LogP contribution in [0.4, 0.5) is 5.69 Å². The fourth-order valence-electron chi connectivity index (χ4n) is 2.43. The molecule has 0 aliphatic heterocycles. The van der Waals surface area contributed by atoms with Gasteiger partial charge in [-0.1, -0.05) is 11.6 Å². The van der Waals surface area contributed by atoms with Crippen molar-refractivity contribution in [2.45, 2.75) is 24.8 Å². The number of hydrogen-bond acceptors (Lipinski definition) is 4. The Morgan fingerprint density at radius 3 is 2.83 bits per heavy atom. The first-order valence-corrected chi connectivity index (χ1v) is 8.96. The maximum atomic E-state index is 12.7. The van der Waals surface area contributed by atoms with Crippen molar-refractivity contribution in [3.05, 3.63) is 41.3 Å². The Morgan fingerprint density at radius 1 is 1.42 bits per heavy atom. The normalized spacial score (nSPS) is 11.8. The highest BCUT2D eigenvalue weighted by Gasteiger charge is 2.23. The molecule has 0 spiro atoms. The van der Waals surface area contributed by atoms with Gasteiger partial charge < -0.3 is 4.98 Å². The summed E-state index contributed by atoms with van der Waals surface area (Å²) in [6.45, 7) is 3.71. The molecule has 3 rings (SSSR count). The van der Waals surface area contributed by atoms with Crippen molar-refractivity contribution in [2.75, 3.05) is 4.72 Å². The van der Waals surface area contributed by atoms with Gasteiger partial charge in [-0.25, -0.2) is 8.42 Å². The van der Waals surface area contributed by atoms with E-state index in [0.29, 0.717) is 15.9 Å². The number of hydrogen-bond donors (Lipinski definition) is 2. The third-order valence-corrected chi connectivity index (χ3v) is 5.17. The highest BCUT2D eigenvalue weighted by Crippen LogP contribution is 2.28. The van der Waals surface area contributed by atoms with Crippen LogP contribution in [0.1, 0.15) is 25.6 Å². The molecular weight excluding hydrogens is 350 g/mol. The average molecular weight is 364 g/mol. The third kappa shape index (κ3) is 2.72. The monoisotopic (exact) mass is 363 g/mol. The molecule has 24 heavy (non-hydrogen) atoms. The van der Waals surface area contributed by atoms with Crippen LogP contribution in [0, 0.1) is 11.3 Å². The molecule has 2 heterocycles. The summed E-state index contributed by atoms with van der Waals surface area (Å²) in [6, 6.07) is 6.82. The Bertz CT molecular complexity index is 1060. The third-order valence-electron chi connectivity index (χ3n) is 3.53. The number of rotatable bonds is 4. The van der Waals surface area contributed by atoms with Crippen molar-refractivity contribution in [3.63, 3.8) is 0 Å². The van der Waals surface area contributed by atoms with Crippen LogP contribution in [-0.4, -0.2) is 23.2 Å². The molecule has 0 saturated heterocycles. The number of anilines is 1. The van der Waals surface area contributed by atoms with Gasteiger partial charge in [-0.3, -0.25) is 9.40 Å². The smallest absolute Gasteiger partial charge is 0.264 e. The summed E-state index contributed by atoms with van der Waals surface area (Å²) in [5, 5.41) is 14.4. The molecule has 0 radical (unpaired) electrons. The summed E-state index contributed by atoms with van der Waals surface area (Å²) < 4.78 is 29.3. The van der Waals surface area contributed by atoms with Gasteiger partial charge in [0.1, 0.15) is 16.7 Å². The van der Waals surface area contributed by atoms with E-state index in [-0.39, 0.29) is 22.3 Å². The Hall–Kier alpha value is -2.50. The molecule has 0 unspecified atom stereocenters. The standard InChI is InChI=1S/C15H14ClN5O2S/c1-9(2)21-14(6-17)13(7-19-21)20-24(22,23)15-8-18-12-5-10(16)3-4-11(12)15/h3-5,7-9,18,20H,1-2H3. The van der Waals surface area contributed by atoms with Crippen molar-refractivity contribution in [1.29, 1.82) is 5.26 Å². The van der Waals surface area contributed by atoms with Gasteiger partial charge in [-0.05, 0) is 32.0 Å². The minimum atomic E-state index is -3.88. The van der Waals surface area contributed by atoms with E-state index in [4.69, 9.17) is 11.6 Å². The zero-order valence-corrected chi connectivity index (χ0v) is 14.5. The second kappa shape index (κ2) is 5.85. The van der Waals surface area contributed by atoms with Gasteiger partial charge in [0.2, 0.25) is 0 Å². The van der Waals surface area contributed by atoms with Gasteiger partial charge >= 0.3 is 0 Å². The Balaban J connectivity index is 2.04. The van der Waals surface area contributed by atoms with Crippen molar-refractivity contribution >= 4 is 38.2 Å². The molecule has 0 aliphatic carbocycles. The summed E-state index contributed by atoms with van der Waals surface area (Å²) in [6.07, 6.45) is 2.73. The van der Waals surface area contributed by atoms with Crippen LogP contribution in [0.25, 0.3) is 10.9 Å². The molecule has 0 fully saturated rings. The number of halogens is 1.